The zero-order valence-electron chi connectivity index (χ0n) is 16.3. The maximum Gasteiger partial charge on any atom is 0.416 e. The van der Waals surface area contributed by atoms with Gasteiger partial charge in [0.15, 0.2) is 0 Å². The van der Waals surface area contributed by atoms with Gasteiger partial charge in [-0.3, -0.25) is 4.79 Å². The molecule has 2 heterocycles. The Morgan fingerprint density at radius 1 is 1.10 bits per heavy atom. The van der Waals surface area contributed by atoms with Crippen LogP contribution in [0.1, 0.15) is 22.4 Å². The van der Waals surface area contributed by atoms with Crippen molar-refractivity contribution in [3.05, 3.63) is 77.1 Å². The molecule has 0 atom stereocenters. The van der Waals surface area contributed by atoms with Crippen LogP contribution in [-0.2, 0) is 30.4 Å². The van der Waals surface area contributed by atoms with Gasteiger partial charge in [-0.25, -0.2) is 4.68 Å². The number of benzene rings is 2. The van der Waals surface area contributed by atoms with Crippen molar-refractivity contribution in [3.63, 3.8) is 0 Å². The molecule has 0 fully saturated rings. The number of aromatic nitrogens is 2. The summed E-state index contributed by atoms with van der Waals surface area (Å²) in [4.78, 5) is 14.4. The van der Waals surface area contributed by atoms with Gasteiger partial charge in [0.05, 0.1) is 36.7 Å². The summed E-state index contributed by atoms with van der Waals surface area (Å²) in [7, 11) is 1.61. The van der Waals surface area contributed by atoms with Gasteiger partial charge in [-0.1, -0.05) is 12.1 Å². The topological polar surface area (TPSA) is 47.4 Å². The van der Waals surface area contributed by atoms with E-state index in [-0.39, 0.29) is 12.3 Å². The zero-order chi connectivity index (χ0) is 21.3. The summed E-state index contributed by atoms with van der Waals surface area (Å²) in [5.74, 6) is 0.650. The van der Waals surface area contributed by atoms with Crippen molar-refractivity contribution < 1.29 is 22.7 Å². The number of alkyl halides is 3. The Labute approximate surface area is 171 Å². The summed E-state index contributed by atoms with van der Waals surface area (Å²) in [6, 6.07) is 12.3. The molecular weight excluding hydrogens is 395 g/mol. The Bertz CT molecular complexity index is 1040. The van der Waals surface area contributed by atoms with E-state index >= 15 is 0 Å². The summed E-state index contributed by atoms with van der Waals surface area (Å²) < 4.78 is 45.1. The second-order valence-electron chi connectivity index (χ2n) is 7.16. The van der Waals surface area contributed by atoms with Gasteiger partial charge in [0.1, 0.15) is 5.75 Å². The molecule has 0 saturated heterocycles. The van der Waals surface area contributed by atoms with Crippen molar-refractivity contribution in [1.29, 1.82) is 0 Å². The van der Waals surface area contributed by atoms with E-state index in [4.69, 9.17) is 4.74 Å². The number of amides is 1. The van der Waals surface area contributed by atoms with Gasteiger partial charge in [0.25, 0.3) is 0 Å². The summed E-state index contributed by atoms with van der Waals surface area (Å²) in [6.07, 6.45) is -1.90. The lowest BCUT2D eigenvalue weighted by molar-refractivity contribution is -0.137. The molecule has 0 radical (unpaired) electrons. The minimum atomic E-state index is -4.38. The molecular formula is C22H20F3N3O2. The lowest BCUT2D eigenvalue weighted by Gasteiger charge is -2.27. The second-order valence-corrected chi connectivity index (χ2v) is 7.16. The molecule has 8 heteroatoms. The van der Waals surface area contributed by atoms with Crippen LogP contribution in [0.15, 0.2) is 54.7 Å². The highest BCUT2D eigenvalue weighted by atomic mass is 19.4. The molecule has 0 saturated carbocycles. The Morgan fingerprint density at radius 3 is 2.43 bits per heavy atom. The molecule has 0 spiro atoms. The minimum absolute atomic E-state index is 0.0695. The summed E-state index contributed by atoms with van der Waals surface area (Å²) in [5.41, 5.74) is 2.79. The number of nitrogens with zero attached hydrogens (tertiary/aromatic N) is 3. The fraction of sp³-hybridized carbons (Fsp3) is 0.273. The maximum atomic E-state index is 12.7. The van der Waals surface area contributed by atoms with E-state index < -0.39 is 11.7 Å². The number of hydrogen-bond acceptors (Lipinski definition) is 3. The third-order valence-electron chi connectivity index (χ3n) is 5.24. The molecule has 0 N–H and O–H groups in total. The Kier molecular flexibility index (Phi) is 5.24. The zero-order valence-corrected chi connectivity index (χ0v) is 16.3. The maximum absolute atomic E-state index is 12.7. The van der Waals surface area contributed by atoms with Gasteiger partial charge < -0.3 is 9.64 Å². The predicted molar refractivity (Wildman–Crippen MR) is 104 cm³/mol. The van der Waals surface area contributed by atoms with Crippen molar-refractivity contribution in [1.82, 2.24) is 14.7 Å². The molecule has 0 bridgehead atoms. The van der Waals surface area contributed by atoms with Gasteiger partial charge >= 0.3 is 6.18 Å². The Hall–Kier alpha value is -3.29. The van der Waals surface area contributed by atoms with Crippen molar-refractivity contribution in [2.75, 3.05) is 13.7 Å². The monoisotopic (exact) mass is 415 g/mol. The third-order valence-corrected chi connectivity index (χ3v) is 5.24. The van der Waals surface area contributed by atoms with E-state index in [1.54, 1.807) is 18.2 Å². The molecule has 1 aliphatic heterocycles. The standard InChI is InChI=1S/C22H20F3N3O2/c1-30-19-8-6-18(7-9-19)28-20-10-11-27(14-16(20)13-26-28)21(29)12-15-2-4-17(5-3-15)22(23,24)25/h2-9,13H,10-12,14H2,1H3. The quantitative estimate of drug-likeness (QED) is 0.647. The first-order valence-corrected chi connectivity index (χ1v) is 9.49. The molecule has 156 valence electrons. The summed E-state index contributed by atoms with van der Waals surface area (Å²) in [6.45, 7) is 0.972. The highest BCUT2D eigenvalue weighted by Gasteiger charge is 2.30. The number of rotatable bonds is 4. The van der Waals surface area contributed by atoms with Gasteiger partial charge in [-0.05, 0) is 42.0 Å². The number of methoxy groups -OCH3 is 1. The van der Waals surface area contributed by atoms with Gasteiger partial charge in [0.2, 0.25) is 5.91 Å². The van der Waals surface area contributed by atoms with E-state index in [0.717, 1.165) is 34.8 Å². The van der Waals surface area contributed by atoms with Crippen LogP contribution in [0.2, 0.25) is 0 Å². The average molecular weight is 415 g/mol. The van der Waals surface area contributed by atoms with Crippen LogP contribution in [0.4, 0.5) is 13.2 Å². The van der Waals surface area contributed by atoms with Gasteiger partial charge in [0, 0.05) is 25.1 Å². The van der Waals surface area contributed by atoms with Crippen LogP contribution < -0.4 is 4.74 Å². The van der Waals surface area contributed by atoms with Crippen molar-refractivity contribution in [2.45, 2.75) is 25.6 Å². The van der Waals surface area contributed by atoms with Crippen LogP contribution in [-0.4, -0.2) is 34.2 Å². The number of carbonyl (C=O) groups is 1. The molecule has 0 aliphatic carbocycles. The second kappa shape index (κ2) is 7.85. The fourth-order valence-corrected chi connectivity index (χ4v) is 3.59. The first-order valence-electron chi connectivity index (χ1n) is 9.49. The Morgan fingerprint density at radius 2 is 1.80 bits per heavy atom. The Balaban J connectivity index is 1.44. The molecule has 1 amide bonds. The fourth-order valence-electron chi connectivity index (χ4n) is 3.59. The SMILES string of the molecule is COc1ccc(-n2ncc3c2CCN(C(=O)Cc2ccc(C(F)(F)F)cc2)C3)cc1. The van der Waals surface area contributed by atoms with Gasteiger partial charge in [-0.15, -0.1) is 0 Å². The average Bonchev–Trinajstić information content (AvgIpc) is 3.17. The van der Waals surface area contributed by atoms with Crippen LogP contribution in [0.5, 0.6) is 5.75 Å². The molecule has 4 rings (SSSR count). The van der Waals surface area contributed by atoms with E-state index in [1.165, 1.54) is 12.1 Å². The lowest BCUT2D eigenvalue weighted by Crippen LogP contribution is -2.37. The molecule has 2 aromatic carbocycles. The lowest BCUT2D eigenvalue weighted by atomic mass is 10.0. The smallest absolute Gasteiger partial charge is 0.416 e. The normalized spacial score (nSPS) is 13.8. The largest absolute Gasteiger partial charge is 0.497 e. The molecule has 30 heavy (non-hydrogen) atoms. The van der Waals surface area contributed by atoms with E-state index in [0.29, 0.717) is 25.1 Å². The number of carbonyl (C=O) groups excluding carboxylic acids is 1. The number of halogens is 3. The van der Waals surface area contributed by atoms with Crippen molar-refractivity contribution >= 4 is 5.91 Å². The molecule has 5 nitrogen and oxygen atoms in total. The first kappa shape index (κ1) is 20.0. The van der Waals surface area contributed by atoms with E-state index in [2.05, 4.69) is 5.10 Å². The third kappa shape index (κ3) is 4.03. The number of hydrogen-bond donors (Lipinski definition) is 0. The highest BCUT2D eigenvalue weighted by Crippen LogP contribution is 2.29. The van der Waals surface area contributed by atoms with Crippen molar-refractivity contribution in [3.8, 4) is 11.4 Å². The van der Waals surface area contributed by atoms with Crippen LogP contribution >= 0.6 is 0 Å². The molecule has 1 aromatic heterocycles. The minimum Gasteiger partial charge on any atom is -0.497 e. The molecule has 0 unspecified atom stereocenters. The highest BCUT2D eigenvalue weighted by molar-refractivity contribution is 5.79. The van der Waals surface area contributed by atoms with Crippen LogP contribution in [0.3, 0.4) is 0 Å². The number of ether oxygens (including phenoxy) is 1. The van der Waals surface area contributed by atoms with E-state index in [1.807, 2.05) is 28.9 Å². The van der Waals surface area contributed by atoms with Crippen LogP contribution in [0.25, 0.3) is 5.69 Å². The summed E-state index contributed by atoms with van der Waals surface area (Å²) >= 11 is 0. The molecule has 1 aliphatic rings. The summed E-state index contributed by atoms with van der Waals surface area (Å²) in [5, 5.41) is 4.47. The van der Waals surface area contributed by atoms with Gasteiger partial charge in [-0.2, -0.15) is 18.3 Å². The van der Waals surface area contributed by atoms with Crippen LogP contribution in [0, 0.1) is 0 Å². The van der Waals surface area contributed by atoms with Crippen molar-refractivity contribution in [2.24, 2.45) is 0 Å². The predicted octanol–water partition coefficient (Wildman–Crippen LogP) is 4.03. The van der Waals surface area contributed by atoms with E-state index in [9.17, 15) is 18.0 Å². The number of fused-ring (bicyclic) bond motifs is 1. The molecule has 3 aromatic rings. The first-order chi connectivity index (χ1) is 14.3.